The first-order chi connectivity index (χ1) is 12.4. The van der Waals surface area contributed by atoms with Gasteiger partial charge in [0.2, 0.25) is 5.78 Å². The minimum Gasteiger partial charge on any atom is -0.465 e. The molecule has 2 aromatic carbocycles. The van der Waals surface area contributed by atoms with Crippen LogP contribution in [0.4, 0.5) is 0 Å². The van der Waals surface area contributed by atoms with Gasteiger partial charge in [-0.25, -0.2) is 9.59 Å². The van der Waals surface area contributed by atoms with E-state index in [9.17, 15) is 14.4 Å². The van der Waals surface area contributed by atoms with Crippen LogP contribution in [0.5, 0.6) is 0 Å². The van der Waals surface area contributed by atoms with Crippen molar-refractivity contribution in [2.24, 2.45) is 0 Å². The van der Waals surface area contributed by atoms with Crippen molar-refractivity contribution in [3.05, 3.63) is 76.4 Å². The van der Waals surface area contributed by atoms with E-state index in [4.69, 9.17) is 4.74 Å². The molecule has 0 amide bonds. The van der Waals surface area contributed by atoms with Crippen LogP contribution >= 0.6 is 0 Å². The number of ether oxygens (including phenoxy) is 2. The van der Waals surface area contributed by atoms with Gasteiger partial charge < -0.3 is 9.47 Å². The summed E-state index contributed by atoms with van der Waals surface area (Å²) in [7, 11) is 1.31. The summed E-state index contributed by atoms with van der Waals surface area (Å²) >= 11 is 0. The monoisotopic (exact) mass is 352 g/mol. The Morgan fingerprint density at radius 1 is 1.00 bits per heavy atom. The summed E-state index contributed by atoms with van der Waals surface area (Å²) in [5.41, 5.74) is 3.51. The highest BCUT2D eigenvalue weighted by Crippen LogP contribution is 2.12. The molecule has 0 aliphatic rings. The number of rotatable bonds is 6. The maximum atomic E-state index is 12.2. The van der Waals surface area contributed by atoms with Crippen LogP contribution in [0.1, 0.15) is 37.4 Å². The smallest absolute Gasteiger partial charge is 0.337 e. The number of benzene rings is 2. The molecular weight excluding hydrogens is 332 g/mol. The Balaban J connectivity index is 1.92. The lowest BCUT2D eigenvalue weighted by Crippen LogP contribution is -2.13. The second-order valence-corrected chi connectivity index (χ2v) is 5.80. The van der Waals surface area contributed by atoms with Crippen LogP contribution in [0.2, 0.25) is 0 Å². The van der Waals surface area contributed by atoms with E-state index < -0.39 is 11.9 Å². The number of carbonyl (C=O) groups is 3. The van der Waals surface area contributed by atoms with Gasteiger partial charge in [-0.05, 0) is 49.2 Å². The number of Topliss-reactive ketones (excluding diaryl/α,β-unsaturated/α-hetero) is 1. The molecule has 2 rings (SSSR count). The summed E-state index contributed by atoms with van der Waals surface area (Å²) < 4.78 is 9.62. The zero-order chi connectivity index (χ0) is 19.1. The van der Waals surface area contributed by atoms with Crippen LogP contribution in [0.3, 0.4) is 0 Å². The van der Waals surface area contributed by atoms with Gasteiger partial charge in [0.1, 0.15) is 0 Å². The van der Waals surface area contributed by atoms with Crippen molar-refractivity contribution in [1.29, 1.82) is 0 Å². The molecular formula is C21H20O5. The minimum absolute atomic E-state index is 0.240. The maximum Gasteiger partial charge on any atom is 0.337 e. The summed E-state index contributed by atoms with van der Waals surface area (Å²) in [5.74, 6) is -1.28. The van der Waals surface area contributed by atoms with Gasteiger partial charge in [0.05, 0.1) is 12.7 Å². The van der Waals surface area contributed by atoms with Crippen molar-refractivity contribution in [3.8, 4) is 0 Å². The molecule has 0 atom stereocenters. The molecule has 0 saturated carbocycles. The van der Waals surface area contributed by atoms with E-state index in [1.54, 1.807) is 36.4 Å². The number of hydrogen-bond donors (Lipinski definition) is 0. The van der Waals surface area contributed by atoms with Crippen molar-refractivity contribution >= 4 is 23.8 Å². The van der Waals surface area contributed by atoms with E-state index in [1.165, 1.54) is 13.2 Å². The summed E-state index contributed by atoms with van der Waals surface area (Å²) in [6.07, 6.45) is 2.79. The maximum absolute atomic E-state index is 12.2. The predicted molar refractivity (Wildman–Crippen MR) is 98.0 cm³/mol. The Kier molecular flexibility index (Phi) is 6.44. The van der Waals surface area contributed by atoms with E-state index in [0.29, 0.717) is 11.1 Å². The number of carbonyl (C=O) groups excluding carboxylic acids is 3. The van der Waals surface area contributed by atoms with E-state index in [-0.39, 0.29) is 12.4 Å². The van der Waals surface area contributed by atoms with Crippen LogP contribution in [0.25, 0.3) is 6.08 Å². The molecule has 0 aliphatic heterocycles. The second-order valence-electron chi connectivity index (χ2n) is 5.80. The van der Waals surface area contributed by atoms with Crippen molar-refractivity contribution < 1.29 is 23.9 Å². The number of aryl methyl sites for hydroxylation is 2. The lowest BCUT2D eigenvalue weighted by atomic mass is 10.0. The van der Waals surface area contributed by atoms with Crippen LogP contribution in [-0.4, -0.2) is 31.4 Å². The fourth-order valence-electron chi connectivity index (χ4n) is 2.31. The zero-order valence-electron chi connectivity index (χ0n) is 14.9. The molecule has 0 aliphatic carbocycles. The Bertz CT molecular complexity index is 847. The first-order valence-electron chi connectivity index (χ1n) is 8.04. The molecule has 0 N–H and O–H groups in total. The topological polar surface area (TPSA) is 69.7 Å². The van der Waals surface area contributed by atoms with E-state index in [2.05, 4.69) is 4.74 Å². The summed E-state index contributed by atoms with van der Waals surface area (Å²) in [5, 5.41) is 0. The molecule has 0 unspecified atom stereocenters. The molecule has 0 bridgehead atoms. The lowest BCUT2D eigenvalue weighted by molar-refractivity contribution is -0.136. The molecule has 0 aromatic heterocycles. The van der Waals surface area contributed by atoms with Crippen molar-refractivity contribution in [1.82, 2.24) is 0 Å². The highest BCUT2D eigenvalue weighted by molar-refractivity contribution is 6.00. The van der Waals surface area contributed by atoms with Gasteiger partial charge in [0.25, 0.3) is 0 Å². The Hall–Kier alpha value is -3.21. The van der Waals surface area contributed by atoms with E-state index in [1.807, 2.05) is 26.0 Å². The zero-order valence-corrected chi connectivity index (χ0v) is 14.9. The molecule has 0 radical (unpaired) electrons. The van der Waals surface area contributed by atoms with Gasteiger partial charge in [-0.2, -0.15) is 0 Å². The summed E-state index contributed by atoms with van der Waals surface area (Å²) in [4.78, 5) is 35.3. The largest absolute Gasteiger partial charge is 0.465 e. The summed E-state index contributed by atoms with van der Waals surface area (Å²) in [6, 6.07) is 12.1. The van der Waals surface area contributed by atoms with Crippen LogP contribution in [-0.2, 0) is 14.3 Å². The average molecular weight is 352 g/mol. The van der Waals surface area contributed by atoms with Gasteiger partial charge in [-0.1, -0.05) is 29.8 Å². The van der Waals surface area contributed by atoms with Crippen molar-refractivity contribution in [2.75, 3.05) is 13.7 Å². The summed E-state index contributed by atoms with van der Waals surface area (Å²) in [6.45, 7) is 3.43. The molecule has 0 spiro atoms. The molecule has 5 heteroatoms. The molecule has 0 fully saturated rings. The molecule has 0 heterocycles. The number of ketones is 1. The SMILES string of the molecule is COC(=O)c1ccc(/C=C/C(=O)OCC(=O)c2cc(C)ccc2C)cc1. The highest BCUT2D eigenvalue weighted by Gasteiger charge is 2.11. The van der Waals surface area contributed by atoms with Crippen molar-refractivity contribution in [2.45, 2.75) is 13.8 Å². The normalized spacial score (nSPS) is 10.6. The van der Waals surface area contributed by atoms with Gasteiger partial charge in [-0.3, -0.25) is 4.79 Å². The Morgan fingerprint density at radius 3 is 2.35 bits per heavy atom. The molecule has 134 valence electrons. The second kappa shape index (κ2) is 8.76. The Labute approximate surface area is 152 Å². The van der Waals surface area contributed by atoms with E-state index in [0.717, 1.165) is 16.7 Å². The van der Waals surface area contributed by atoms with E-state index >= 15 is 0 Å². The fourth-order valence-corrected chi connectivity index (χ4v) is 2.31. The quantitative estimate of drug-likeness (QED) is 0.452. The van der Waals surface area contributed by atoms with Gasteiger partial charge in [-0.15, -0.1) is 0 Å². The molecule has 0 saturated heterocycles. The van der Waals surface area contributed by atoms with Gasteiger partial charge >= 0.3 is 11.9 Å². The fraction of sp³-hybridized carbons (Fsp3) is 0.190. The van der Waals surface area contributed by atoms with Crippen LogP contribution in [0, 0.1) is 13.8 Å². The Morgan fingerprint density at radius 2 is 1.69 bits per heavy atom. The molecule has 2 aromatic rings. The highest BCUT2D eigenvalue weighted by atomic mass is 16.5. The molecule has 5 nitrogen and oxygen atoms in total. The third-order valence-electron chi connectivity index (χ3n) is 3.78. The average Bonchev–Trinajstić information content (AvgIpc) is 2.66. The standard InChI is InChI=1S/C21H20O5/c1-14-4-5-15(2)18(12-14)19(22)13-26-20(23)11-8-16-6-9-17(10-7-16)21(24)25-3/h4-12H,13H2,1-3H3/b11-8+. The van der Waals surface area contributed by atoms with Crippen molar-refractivity contribution in [3.63, 3.8) is 0 Å². The first kappa shape index (κ1) is 19.1. The lowest BCUT2D eigenvalue weighted by Gasteiger charge is -2.06. The van der Waals surface area contributed by atoms with Crippen LogP contribution < -0.4 is 0 Å². The minimum atomic E-state index is -0.610. The number of hydrogen-bond acceptors (Lipinski definition) is 5. The third kappa shape index (κ3) is 5.14. The number of methoxy groups -OCH3 is 1. The molecule has 26 heavy (non-hydrogen) atoms. The van der Waals surface area contributed by atoms with Gasteiger partial charge in [0, 0.05) is 11.6 Å². The van der Waals surface area contributed by atoms with Crippen LogP contribution in [0.15, 0.2) is 48.5 Å². The predicted octanol–water partition coefficient (Wildman–Crippen LogP) is 3.53. The third-order valence-corrected chi connectivity index (χ3v) is 3.78. The van der Waals surface area contributed by atoms with Gasteiger partial charge in [0.15, 0.2) is 6.61 Å². The first-order valence-corrected chi connectivity index (χ1v) is 8.04. The number of esters is 2.